The molecule has 0 aromatic heterocycles. The third kappa shape index (κ3) is 3.15. The van der Waals surface area contributed by atoms with Gasteiger partial charge in [-0.2, -0.15) is 0 Å². The normalized spacial score (nSPS) is 28.2. The standard InChI is InChI=1S/C16H23NO3S/c1-14(15-5-3-2-4-6-15)11-21(18,19)17-9-7-16(12-17)8-10-20-13-16/h2-6,14H,7-13H2,1H3/t14-,16-/m1/s1. The SMILES string of the molecule is C[C@H](CS(=O)(=O)N1CC[C@@]2(CCOC2)C1)c1ccccc1. The molecule has 2 atom stereocenters. The molecule has 2 heterocycles. The molecule has 0 bridgehead atoms. The van der Waals surface area contributed by atoms with Crippen molar-refractivity contribution >= 4 is 10.0 Å². The minimum atomic E-state index is -3.19. The summed E-state index contributed by atoms with van der Waals surface area (Å²) in [5.74, 6) is 0.209. The summed E-state index contributed by atoms with van der Waals surface area (Å²) in [5, 5.41) is 0. The number of rotatable bonds is 4. The Labute approximate surface area is 127 Å². The second-order valence-electron chi connectivity index (χ2n) is 6.48. The van der Waals surface area contributed by atoms with E-state index in [1.54, 1.807) is 4.31 Å². The van der Waals surface area contributed by atoms with Crippen molar-refractivity contribution in [2.75, 3.05) is 32.1 Å². The number of hydrogen-bond donors (Lipinski definition) is 0. The molecule has 2 aliphatic rings. The molecular formula is C16H23NO3S. The molecule has 0 aliphatic carbocycles. The largest absolute Gasteiger partial charge is 0.381 e. The summed E-state index contributed by atoms with van der Waals surface area (Å²) < 4.78 is 32.4. The average Bonchev–Trinajstić information content (AvgIpc) is 3.11. The molecule has 0 N–H and O–H groups in total. The van der Waals surface area contributed by atoms with Crippen LogP contribution in [0.5, 0.6) is 0 Å². The van der Waals surface area contributed by atoms with Gasteiger partial charge < -0.3 is 4.74 Å². The average molecular weight is 309 g/mol. The highest BCUT2D eigenvalue weighted by atomic mass is 32.2. The van der Waals surface area contributed by atoms with Crippen LogP contribution in [0.4, 0.5) is 0 Å². The molecule has 0 unspecified atom stereocenters. The van der Waals surface area contributed by atoms with E-state index in [9.17, 15) is 8.42 Å². The lowest BCUT2D eigenvalue weighted by Gasteiger charge is -2.23. The van der Waals surface area contributed by atoms with Gasteiger partial charge in [-0.3, -0.25) is 0 Å². The lowest BCUT2D eigenvalue weighted by Crippen LogP contribution is -2.35. The lowest BCUT2D eigenvalue weighted by atomic mass is 9.87. The third-order valence-corrected chi connectivity index (χ3v) is 6.83. The molecule has 0 amide bonds. The predicted octanol–water partition coefficient (Wildman–Crippen LogP) is 2.23. The van der Waals surface area contributed by atoms with Crippen molar-refractivity contribution in [3.63, 3.8) is 0 Å². The van der Waals surface area contributed by atoms with E-state index in [1.807, 2.05) is 37.3 Å². The zero-order valence-electron chi connectivity index (χ0n) is 12.5. The van der Waals surface area contributed by atoms with Crippen LogP contribution >= 0.6 is 0 Å². The van der Waals surface area contributed by atoms with Crippen molar-refractivity contribution in [3.05, 3.63) is 35.9 Å². The maximum absolute atomic E-state index is 12.6. The first-order valence-electron chi connectivity index (χ1n) is 7.61. The van der Waals surface area contributed by atoms with E-state index in [-0.39, 0.29) is 17.1 Å². The topological polar surface area (TPSA) is 46.6 Å². The van der Waals surface area contributed by atoms with Crippen molar-refractivity contribution < 1.29 is 13.2 Å². The Balaban J connectivity index is 1.67. The number of ether oxygens (including phenoxy) is 1. The summed E-state index contributed by atoms with van der Waals surface area (Å²) in [6.45, 7) is 4.75. The molecular weight excluding hydrogens is 286 g/mol. The van der Waals surface area contributed by atoms with Gasteiger partial charge in [0.2, 0.25) is 10.0 Å². The fraction of sp³-hybridized carbons (Fsp3) is 0.625. The van der Waals surface area contributed by atoms with E-state index in [4.69, 9.17) is 4.74 Å². The molecule has 1 aromatic rings. The van der Waals surface area contributed by atoms with Crippen LogP contribution in [0.15, 0.2) is 30.3 Å². The first kappa shape index (κ1) is 15.0. The Morgan fingerprint density at radius 3 is 2.71 bits per heavy atom. The summed E-state index contributed by atoms with van der Waals surface area (Å²) in [5.41, 5.74) is 1.17. The molecule has 2 fully saturated rings. The van der Waals surface area contributed by atoms with Crippen LogP contribution < -0.4 is 0 Å². The minimum Gasteiger partial charge on any atom is -0.381 e. The van der Waals surface area contributed by atoms with E-state index in [0.717, 1.165) is 25.0 Å². The van der Waals surface area contributed by atoms with Crippen molar-refractivity contribution in [2.24, 2.45) is 5.41 Å². The van der Waals surface area contributed by atoms with Crippen LogP contribution in [0.3, 0.4) is 0 Å². The molecule has 4 nitrogen and oxygen atoms in total. The van der Waals surface area contributed by atoms with E-state index < -0.39 is 10.0 Å². The second kappa shape index (κ2) is 5.71. The molecule has 0 radical (unpaired) electrons. The molecule has 5 heteroatoms. The fourth-order valence-corrected chi connectivity index (χ4v) is 5.28. The number of hydrogen-bond acceptors (Lipinski definition) is 3. The second-order valence-corrected chi connectivity index (χ2v) is 8.49. The molecule has 2 aliphatic heterocycles. The predicted molar refractivity (Wildman–Crippen MR) is 82.7 cm³/mol. The highest BCUT2D eigenvalue weighted by Crippen LogP contribution is 2.39. The first-order chi connectivity index (χ1) is 10.0. The van der Waals surface area contributed by atoms with Crippen molar-refractivity contribution in [1.29, 1.82) is 0 Å². The van der Waals surface area contributed by atoms with Crippen LogP contribution in [0, 0.1) is 5.41 Å². The van der Waals surface area contributed by atoms with E-state index in [0.29, 0.717) is 19.7 Å². The number of nitrogens with zero attached hydrogens (tertiary/aromatic N) is 1. The van der Waals surface area contributed by atoms with Crippen LogP contribution in [-0.2, 0) is 14.8 Å². The Morgan fingerprint density at radius 2 is 2.05 bits per heavy atom. The van der Waals surface area contributed by atoms with Crippen LogP contribution in [0.1, 0.15) is 31.2 Å². The van der Waals surface area contributed by atoms with Gasteiger partial charge in [0, 0.05) is 25.1 Å². The van der Waals surface area contributed by atoms with Gasteiger partial charge in [0.05, 0.1) is 12.4 Å². The van der Waals surface area contributed by atoms with Crippen LogP contribution in [-0.4, -0.2) is 44.8 Å². The summed E-state index contributed by atoms with van der Waals surface area (Å²) in [6, 6.07) is 9.86. The highest BCUT2D eigenvalue weighted by Gasteiger charge is 2.45. The zero-order valence-corrected chi connectivity index (χ0v) is 13.3. The maximum Gasteiger partial charge on any atom is 0.214 e. The number of benzene rings is 1. The molecule has 0 saturated carbocycles. The molecule has 21 heavy (non-hydrogen) atoms. The van der Waals surface area contributed by atoms with E-state index in [2.05, 4.69) is 0 Å². The Hall–Kier alpha value is -0.910. The highest BCUT2D eigenvalue weighted by molar-refractivity contribution is 7.89. The van der Waals surface area contributed by atoms with Crippen molar-refractivity contribution in [2.45, 2.75) is 25.7 Å². The summed E-state index contributed by atoms with van der Waals surface area (Å²) in [7, 11) is -3.19. The van der Waals surface area contributed by atoms with Gasteiger partial charge in [0.15, 0.2) is 0 Å². The van der Waals surface area contributed by atoms with Gasteiger partial charge in [0.25, 0.3) is 0 Å². The molecule has 116 valence electrons. The van der Waals surface area contributed by atoms with E-state index in [1.165, 1.54) is 0 Å². The summed E-state index contributed by atoms with van der Waals surface area (Å²) >= 11 is 0. The minimum absolute atomic E-state index is 0.0209. The Bertz CT molecular complexity index is 579. The van der Waals surface area contributed by atoms with Gasteiger partial charge in [0.1, 0.15) is 0 Å². The van der Waals surface area contributed by atoms with Crippen molar-refractivity contribution in [1.82, 2.24) is 4.31 Å². The molecule has 2 saturated heterocycles. The third-order valence-electron chi connectivity index (χ3n) is 4.81. The molecule has 1 spiro atoms. The van der Waals surface area contributed by atoms with Gasteiger partial charge in [-0.15, -0.1) is 0 Å². The quantitative estimate of drug-likeness (QED) is 0.857. The monoisotopic (exact) mass is 309 g/mol. The smallest absolute Gasteiger partial charge is 0.214 e. The first-order valence-corrected chi connectivity index (χ1v) is 9.22. The van der Waals surface area contributed by atoms with Crippen LogP contribution in [0.25, 0.3) is 0 Å². The van der Waals surface area contributed by atoms with Crippen LogP contribution in [0.2, 0.25) is 0 Å². The van der Waals surface area contributed by atoms with Gasteiger partial charge in [-0.25, -0.2) is 12.7 Å². The Kier molecular flexibility index (Phi) is 4.08. The zero-order chi connectivity index (χ0) is 14.9. The number of sulfonamides is 1. The fourth-order valence-electron chi connectivity index (χ4n) is 3.40. The molecule has 3 rings (SSSR count). The summed E-state index contributed by atoms with van der Waals surface area (Å²) in [4.78, 5) is 0. The van der Waals surface area contributed by atoms with Gasteiger partial charge >= 0.3 is 0 Å². The maximum atomic E-state index is 12.6. The molecule has 1 aromatic carbocycles. The van der Waals surface area contributed by atoms with Crippen molar-refractivity contribution in [3.8, 4) is 0 Å². The Morgan fingerprint density at radius 1 is 1.29 bits per heavy atom. The summed E-state index contributed by atoms with van der Waals surface area (Å²) in [6.07, 6.45) is 1.93. The van der Waals surface area contributed by atoms with Gasteiger partial charge in [-0.05, 0) is 24.3 Å². The van der Waals surface area contributed by atoms with E-state index >= 15 is 0 Å². The van der Waals surface area contributed by atoms with Gasteiger partial charge in [-0.1, -0.05) is 37.3 Å². The lowest BCUT2D eigenvalue weighted by molar-refractivity contribution is 0.157.